The lowest BCUT2D eigenvalue weighted by Crippen LogP contribution is -2.54. The van der Waals surface area contributed by atoms with Crippen LogP contribution in [0.5, 0.6) is 0 Å². The number of benzene rings is 2. The van der Waals surface area contributed by atoms with Crippen molar-refractivity contribution in [3.63, 3.8) is 0 Å². The number of carbonyl (C=O) groups excluding carboxylic acids is 3. The zero-order valence-corrected chi connectivity index (χ0v) is 25.5. The maximum absolute atomic E-state index is 13.8. The Bertz CT molecular complexity index is 1310. The largest absolute Gasteiger partial charge is 0.436 e. The molecule has 4 aliphatic heterocycles. The molecule has 3 saturated heterocycles. The third kappa shape index (κ3) is 7.10. The number of fused-ring (bicyclic) bond motifs is 1. The van der Waals surface area contributed by atoms with Crippen molar-refractivity contribution in [1.82, 2.24) is 24.9 Å². The Hall–Kier alpha value is -3.83. The molecule has 11 nitrogen and oxygen atoms in total. The highest BCUT2D eigenvalue weighted by atomic mass is 16.6. The molecule has 44 heavy (non-hydrogen) atoms. The first-order chi connectivity index (χ1) is 21.4. The van der Waals surface area contributed by atoms with Gasteiger partial charge in [-0.15, -0.1) is 0 Å². The molecule has 4 heterocycles. The molecule has 0 aliphatic carbocycles. The lowest BCUT2D eigenvalue weighted by Gasteiger charge is -2.41. The van der Waals surface area contributed by atoms with E-state index in [1.165, 1.54) is 0 Å². The van der Waals surface area contributed by atoms with Gasteiger partial charge in [0.2, 0.25) is 0 Å². The van der Waals surface area contributed by atoms with E-state index in [1.807, 2.05) is 40.1 Å². The molecule has 238 valence electrons. The van der Waals surface area contributed by atoms with Crippen molar-refractivity contribution < 1.29 is 20.5 Å². The SMILES string of the molecule is Nc1ccc(C[C@@H](OC(=O)N2CCC(N3CCc4ccccc4NC3=O)CC2)C(=O)N2CCC(N3CCNCC3)CC2)cc1.[HH]. The summed E-state index contributed by atoms with van der Waals surface area (Å²) in [5, 5.41) is 6.46. The Morgan fingerprint density at radius 2 is 1.52 bits per heavy atom. The van der Waals surface area contributed by atoms with Crippen LogP contribution in [0.2, 0.25) is 0 Å². The summed E-state index contributed by atoms with van der Waals surface area (Å²) in [5.41, 5.74) is 9.43. The number of piperidine rings is 2. The van der Waals surface area contributed by atoms with Gasteiger partial charge in [-0.05, 0) is 61.4 Å². The summed E-state index contributed by atoms with van der Waals surface area (Å²) in [4.78, 5) is 48.3. The molecule has 2 aromatic rings. The van der Waals surface area contributed by atoms with E-state index in [4.69, 9.17) is 10.5 Å². The molecular formula is C33H47N7O4. The van der Waals surface area contributed by atoms with Gasteiger partial charge in [-0.1, -0.05) is 30.3 Å². The Morgan fingerprint density at radius 3 is 2.25 bits per heavy atom. The number of nitrogen functional groups attached to an aromatic ring is 1. The maximum atomic E-state index is 13.8. The van der Waals surface area contributed by atoms with E-state index < -0.39 is 12.2 Å². The molecule has 4 amide bonds. The normalized spacial score (nSPS) is 21.3. The zero-order chi connectivity index (χ0) is 30.5. The smallest absolute Gasteiger partial charge is 0.410 e. The lowest BCUT2D eigenvalue weighted by molar-refractivity contribution is -0.142. The first-order valence-electron chi connectivity index (χ1n) is 16.1. The Kier molecular flexibility index (Phi) is 9.51. The zero-order valence-electron chi connectivity index (χ0n) is 25.5. The number of hydrogen-bond donors (Lipinski definition) is 3. The van der Waals surface area contributed by atoms with Crippen molar-refractivity contribution in [3.8, 4) is 0 Å². The molecule has 11 heteroatoms. The standard InChI is InChI=1S/C33H45N7O4.H2/c34-26-7-5-24(6-8-26)23-30(31(41)38-16-10-27(11-17-38)37-21-14-35-15-22-37)44-33(43)39-18-12-28(13-19-39)40-20-9-25-3-1-2-4-29(25)36-32(40)42;/h1-8,27-28,30,35H,9-23,34H2,(H,36,42);1H/t30-;/m1./s1. The van der Waals surface area contributed by atoms with Gasteiger partial charge in [0.1, 0.15) is 0 Å². The fraction of sp³-hybridized carbons (Fsp3) is 0.545. The highest BCUT2D eigenvalue weighted by Crippen LogP contribution is 2.26. The van der Waals surface area contributed by atoms with Crippen LogP contribution < -0.4 is 16.4 Å². The highest BCUT2D eigenvalue weighted by Gasteiger charge is 2.36. The number of hydrogen-bond acceptors (Lipinski definition) is 7. The molecule has 1 atom stereocenters. The molecule has 4 N–H and O–H groups in total. The van der Waals surface area contributed by atoms with Gasteiger partial charge in [0.25, 0.3) is 5.91 Å². The van der Waals surface area contributed by atoms with Gasteiger partial charge < -0.3 is 35.8 Å². The molecule has 0 spiro atoms. The van der Waals surface area contributed by atoms with Crippen LogP contribution in [-0.2, 0) is 22.4 Å². The van der Waals surface area contributed by atoms with Crippen molar-refractivity contribution in [3.05, 3.63) is 59.7 Å². The van der Waals surface area contributed by atoms with Crippen molar-refractivity contribution in [2.75, 3.05) is 70.0 Å². The van der Waals surface area contributed by atoms with Gasteiger partial charge in [0, 0.05) is 90.2 Å². The number of nitrogens with zero attached hydrogens (tertiary/aromatic N) is 4. The van der Waals surface area contributed by atoms with E-state index in [1.54, 1.807) is 17.0 Å². The summed E-state index contributed by atoms with van der Waals surface area (Å²) >= 11 is 0. The van der Waals surface area contributed by atoms with Gasteiger partial charge in [-0.3, -0.25) is 9.69 Å². The molecule has 4 aliphatic rings. The second-order valence-corrected chi connectivity index (χ2v) is 12.4. The summed E-state index contributed by atoms with van der Waals surface area (Å²) in [6, 6.07) is 15.7. The van der Waals surface area contributed by atoms with Crippen LogP contribution >= 0.6 is 0 Å². The second-order valence-electron chi connectivity index (χ2n) is 12.4. The number of amides is 4. The van der Waals surface area contributed by atoms with Gasteiger partial charge in [-0.2, -0.15) is 0 Å². The molecule has 0 bridgehead atoms. The predicted molar refractivity (Wildman–Crippen MR) is 171 cm³/mol. The van der Waals surface area contributed by atoms with E-state index in [2.05, 4.69) is 21.6 Å². The Labute approximate surface area is 261 Å². The summed E-state index contributed by atoms with van der Waals surface area (Å²) in [5.74, 6) is -0.135. The molecule has 0 saturated carbocycles. The van der Waals surface area contributed by atoms with E-state index in [9.17, 15) is 14.4 Å². The molecule has 0 unspecified atom stereocenters. The van der Waals surface area contributed by atoms with Crippen molar-refractivity contribution in [2.45, 2.75) is 56.7 Å². The quantitative estimate of drug-likeness (QED) is 0.433. The number of nitrogens with one attached hydrogen (secondary N) is 2. The van der Waals surface area contributed by atoms with Gasteiger partial charge in [-0.25, -0.2) is 9.59 Å². The van der Waals surface area contributed by atoms with Crippen molar-refractivity contribution >= 4 is 29.4 Å². The summed E-state index contributed by atoms with van der Waals surface area (Å²) < 4.78 is 6.00. The van der Waals surface area contributed by atoms with E-state index in [0.29, 0.717) is 63.7 Å². The van der Waals surface area contributed by atoms with Crippen LogP contribution in [0, 0.1) is 0 Å². The van der Waals surface area contributed by atoms with E-state index >= 15 is 0 Å². The summed E-state index contributed by atoms with van der Waals surface area (Å²) in [7, 11) is 0. The third-order valence-electron chi connectivity index (χ3n) is 9.67. The number of ether oxygens (including phenoxy) is 1. The van der Waals surface area contributed by atoms with Crippen molar-refractivity contribution in [1.29, 1.82) is 0 Å². The van der Waals surface area contributed by atoms with Gasteiger partial charge in [0.15, 0.2) is 6.10 Å². The van der Waals surface area contributed by atoms with Crippen LogP contribution in [-0.4, -0.2) is 115 Å². The monoisotopic (exact) mass is 605 g/mol. The van der Waals surface area contributed by atoms with Crippen LogP contribution in [0.4, 0.5) is 21.0 Å². The maximum Gasteiger partial charge on any atom is 0.410 e. The fourth-order valence-corrected chi connectivity index (χ4v) is 7.04. The fourth-order valence-electron chi connectivity index (χ4n) is 7.04. The average Bonchev–Trinajstić information content (AvgIpc) is 3.23. The number of para-hydroxylation sites is 1. The predicted octanol–water partition coefficient (Wildman–Crippen LogP) is 3.01. The van der Waals surface area contributed by atoms with Crippen LogP contribution in [0.1, 0.15) is 38.2 Å². The number of piperazine rings is 1. The van der Waals surface area contributed by atoms with E-state index in [0.717, 1.165) is 62.3 Å². The van der Waals surface area contributed by atoms with Gasteiger partial charge >= 0.3 is 12.1 Å². The molecule has 0 radical (unpaired) electrons. The number of carbonyl (C=O) groups is 3. The second kappa shape index (κ2) is 13.9. The Balaban J connectivity index is 0.00000400. The number of nitrogens with two attached hydrogens (primary N) is 1. The van der Waals surface area contributed by atoms with Crippen LogP contribution in [0.25, 0.3) is 0 Å². The van der Waals surface area contributed by atoms with Crippen LogP contribution in [0.3, 0.4) is 0 Å². The molecule has 2 aromatic carbocycles. The van der Waals surface area contributed by atoms with E-state index in [-0.39, 0.29) is 19.4 Å². The molecule has 6 rings (SSSR count). The number of rotatable bonds is 6. The molecule has 3 fully saturated rings. The number of likely N-dealkylation sites (tertiary alicyclic amines) is 2. The minimum atomic E-state index is -0.908. The average molecular weight is 606 g/mol. The first kappa shape index (κ1) is 30.2. The van der Waals surface area contributed by atoms with Crippen molar-refractivity contribution in [2.24, 2.45) is 0 Å². The lowest BCUT2D eigenvalue weighted by atomic mass is 10.0. The first-order valence-corrected chi connectivity index (χ1v) is 16.1. The van der Waals surface area contributed by atoms with Gasteiger partial charge in [0.05, 0.1) is 0 Å². The number of anilines is 2. The number of urea groups is 1. The molecule has 0 aromatic heterocycles. The minimum Gasteiger partial charge on any atom is -0.436 e. The highest BCUT2D eigenvalue weighted by molar-refractivity contribution is 5.91. The summed E-state index contributed by atoms with van der Waals surface area (Å²) in [6.07, 6.45) is 2.89. The topological polar surface area (TPSA) is 123 Å². The third-order valence-corrected chi connectivity index (χ3v) is 9.67. The molecular weight excluding hydrogens is 558 g/mol. The van der Waals surface area contributed by atoms with Crippen LogP contribution in [0.15, 0.2) is 48.5 Å². The minimum absolute atomic E-state index is 0. The Morgan fingerprint density at radius 1 is 0.864 bits per heavy atom. The summed E-state index contributed by atoms with van der Waals surface area (Å²) in [6.45, 7) is 7.02.